The van der Waals surface area contributed by atoms with E-state index < -0.39 is 0 Å². The molecule has 1 atom stereocenters. The molecule has 0 nitrogen and oxygen atoms in total. The Morgan fingerprint density at radius 2 is 1.06 bits per heavy atom. The topological polar surface area (TPSA) is 0 Å². The first-order valence-corrected chi connectivity index (χ1v) is 15.4. The first-order chi connectivity index (χ1) is 15.6. The maximum Gasteiger partial charge on any atom is -0.0238 e. The van der Waals surface area contributed by atoms with Gasteiger partial charge >= 0.3 is 135 Å². The molecule has 4 rings (SSSR count). The molecule has 0 heterocycles. The summed E-state index contributed by atoms with van der Waals surface area (Å²) < 4.78 is 0.723. The SMILES string of the molecule is CC(C)(C)P(C1=Cc2ccccc2[C@@H]1[Hf])C(C)(C)C.c1ccc(CCc2ccccc2)cc1. The van der Waals surface area contributed by atoms with E-state index in [0.717, 1.165) is 16.5 Å². The Balaban J connectivity index is 0.000000194. The second-order valence-electron chi connectivity index (χ2n) is 10.8. The molecule has 0 amide bonds. The molecule has 0 radical (unpaired) electrons. The van der Waals surface area contributed by atoms with Crippen molar-refractivity contribution < 1.29 is 24.4 Å². The quantitative estimate of drug-likeness (QED) is 0.202. The Hall–Kier alpha value is -1.30. The van der Waals surface area contributed by atoms with Crippen LogP contribution in [-0.4, -0.2) is 10.3 Å². The summed E-state index contributed by atoms with van der Waals surface area (Å²) in [6.07, 6.45) is 4.77. The van der Waals surface area contributed by atoms with Crippen LogP contribution in [0.2, 0.25) is 0 Å². The van der Waals surface area contributed by atoms with Gasteiger partial charge in [-0.05, 0) is 24.0 Å². The second-order valence-corrected chi connectivity index (χ2v) is 16.7. The number of allylic oxidation sites excluding steroid dienone is 1. The predicted molar refractivity (Wildman–Crippen MR) is 144 cm³/mol. The molecule has 171 valence electrons. The van der Waals surface area contributed by atoms with E-state index in [1.54, 1.807) is 10.9 Å². The minimum absolute atomic E-state index is 0.134. The minimum atomic E-state index is -0.134. The normalized spacial score (nSPS) is 15.5. The van der Waals surface area contributed by atoms with Gasteiger partial charge in [-0.2, -0.15) is 0 Å². The Kier molecular flexibility index (Phi) is 9.10. The average Bonchev–Trinajstić information content (AvgIpc) is 3.08. The minimum Gasteiger partial charge on any atom is -0.0622 e. The summed E-state index contributed by atoms with van der Waals surface area (Å²) in [4.78, 5) is 0. The van der Waals surface area contributed by atoms with E-state index >= 15 is 0 Å². The van der Waals surface area contributed by atoms with Gasteiger partial charge in [0.2, 0.25) is 0 Å². The van der Waals surface area contributed by atoms with Gasteiger partial charge in [0.05, 0.1) is 0 Å². The zero-order chi connectivity index (χ0) is 24.1. The van der Waals surface area contributed by atoms with E-state index in [4.69, 9.17) is 0 Å². The second kappa shape index (κ2) is 11.4. The van der Waals surface area contributed by atoms with Crippen molar-refractivity contribution in [3.63, 3.8) is 0 Å². The molecule has 2 heteroatoms. The first-order valence-electron chi connectivity index (χ1n) is 12.0. The first kappa shape index (κ1) is 26.3. The molecule has 0 aromatic heterocycles. The number of benzene rings is 3. The maximum absolute atomic E-state index is 2.51. The van der Waals surface area contributed by atoms with Crippen molar-refractivity contribution >= 4 is 14.0 Å². The molecule has 3 aromatic carbocycles. The summed E-state index contributed by atoms with van der Waals surface area (Å²) in [7, 11) is -0.134. The zero-order valence-corrected chi connectivity index (χ0v) is 25.6. The van der Waals surface area contributed by atoms with Crippen LogP contribution in [0.25, 0.3) is 6.08 Å². The molecule has 1 aliphatic rings. The predicted octanol–water partition coefficient (Wildman–Crippen LogP) is 9.18. The van der Waals surface area contributed by atoms with Crippen LogP contribution in [0.4, 0.5) is 0 Å². The van der Waals surface area contributed by atoms with Gasteiger partial charge in [0.15, 0.2) is 0 Å². The fraction of sp³-hybridized carbons (Fsp3) is 0.355. The van der Waals surface area contributed by atoms with Crippen LogP contribution in [0.15, 0.2) is 90.2 Å². The Morgan fingerprint density at radius 1 is 0.636 bits per heavy atom. The van der Waals surface area contributed by atoms with Gasteiger partial charge in [0.25, 0.3) is 0 Å². The van der Waals surface area contributed by atoms with E-state index in [1.165, 1.54) is 41.1 Å². The third-order valence-electron chi connectivity index (χ3n) is 5.89. The molecule has 1 aliphatic carbocycles. The standard InChI is InChI=1S/C17H24P.C14H14.Hf/c1-16(2,3)18(17(4,5)6)15-11-13-9-7-8-10-14(13)12-15;1-3-7-13(8-4-1)11-12-14-9-5-2-6-10-14;/h7-12H,1-6H3;1-10H,11-12H2;. The third-order valence-corrected chi connectivity index (χ3v) is 12.6. The van der Waals surface area contributed by atoms with E-state index in [1.807, 2.05) is 0 Å². The van der Waals surface area contributed by atoms with Gasteiger partial charge in [-0.3, -0.25) is 0 Å². The van der Waals surface area contributed by atoms with Crippen molar-refractivity contribution in [3.05, 3.63) is 112 Å². The van der Waals surface area contributed by atoms with E-state index in [2.05, 4.69) is 133 Å². The smallest absolute Gasteiger partial charge is 0.0238 e. The molecule has 0 aliphatic heterocycles. The molecule has 0 fully saturated rings. The Morgan fingerprint density at radius 3 is 1.48 bits per heavy atom. The summed E-state index contributed by atoms with van der Waals surface area (Å²) in [5.74, 6) is 0. The van der Waals surface area contributed by atoms with Gasteiger partial charge < -0.3 is 0 Å². The van der Waals surface area contributed by atoms with Crippen molar-refractivity contribution in [3.8, 4) is 0 Å². The van der Waals surface area contributed by atoms with Crippen LogP contribution < -0.4 is 0 Å². The van der Waals surface area contributed by atoms with Crippen LogP contribution in [0, 0.1) is 0 Å². The molecule has 0 saturated carbocycles. The van der Waals surface area contributed by atoms with Crippen molar-refractivity contribution in [2.75, 3.05) is 0 Å². The van der Waals surface area contributed by atoms with Crippen LogP contribution in [0.1, 0.15) is 67.5 Å². The molecule has 33 heavy (non-hydrogen) atoms. The van der Waals surface area contributed by atoms with Crippen molar-refractivity contribution in [2.24, 2.45) is 0 Å². The number of rotatable bonds is 4. The zero-order valence-electron chi connectivity index (χ0n) is 21.1. The van der Waals surface area contributed by atoms with Crippen LogP contribution in [0.5, 0.6) is 0 Å². The Bertz CT molecular complexity index is 986. The molecule has 3 aromatic rings. The summed E-state index contributed by atoms with van der Waals surface area (Å²) in [5.41, 5.74) is 5.87. The molecule has 0 N–H and O–H groups in total. The molecule has 0 spiro atoms. The fourth-order valence-electron chi connectivity index (χ4n) is 4.86. The van der Waals surface area contributed by atoms with E-state index in [-0.39, 0.29) is 7.92 Å². The summed E-state index contributed by atoms with van der Waals surface area (Å²) in [6, 6.07) is 30.2. The molecular formula is C31H38HfP. The van der Waals surface area contributed by atoms with E-state index in [0.29, 0.717) is 10.3 Å². The average molecular weight is 620 g/mol. The van der Waals surface area contributed by atoms with Crippen molar-refractivity contribution in [1.82, 2.24) is 0 Å². The fourth-order valence-corrected chi connectivity index (χ4v) is 11.7. The van der Waals surface area contributed by atoms with Gasteiger partial charge in [-0.15, -0.1) is 0 Å². The molecule has 0 saturated heterocycles. The Labute approximate surface area is 218 Å². The van der Waals surface area contributed by atoms with Gasteiger partial charge in [0, 0.05) is 0 Å². The van der Waals surface area contributed by atoms with Gasteiger partial charge in [-0.25, -0.2) is 0 Å². The van der Waals surface area contributed by atoms with Crippen molar-refractivity contribution in [1.29, 1.82) is 0 Å². The van der Waals surface area contributed by atoms with Crippen molar-refractivity contribution in [2.45, 2.75) is 68.4 Å². The number of hydrogen-bond acceptors (Lipinski definition) is 0. The van der Waals surface area contributed by atoms with Crippen LogP contribution in [0.3, 0.4) is 0 Å². The number of aryl methyl sites for hydroxylation is 2. The largest absolute Gasteiger partial charge is 0.0622 e. The van der Waals surface area contributed by atoms with Gasteiger partial charge in [0.1, 0.15) is 0 Å². The molecular weight excluding hydrogens is 582 g/mol. The summed E-state index contributed by atoms with van der Waals surface area (Å²) in [5, 5.41) is 2.50. The van der Waals surface area contributed by atoms with Crippen LogP contribution >= 0.6 is 7.92 Å². The monoisotopic (exact) mass is 621 g/mol. The third kappa shape index (κ3) is 7.34. The molecule has 0 bridgehead atoms. The summed E-state index contributed by atoms with van der Waals surface area (Å²) in [6.45, 7) is 14.5. The number of hydrogen-bond donors (Lipinski definition) is 0. The summed E-state index contributed by atoms with van der Waals surface area (Å²) >= 11 is 1.23. The maximum atomic E-state index is 2.51. The number of fused-ring (bicyclic) bond motifs is 1. The van der Waals surface area contributed by atoms with Gasteiger partial charge in [-0.1, -0.05) is 60.7 Å². The molecule has 0 unspecified atom stereocenters. The van der Waals surface area contributed by atoms with E-state index in [9.17, 15) is 0 Å². The van der Waals surface area contributed by atoms with Crippen LogP contribution in [-0.2, 0) is 37.2 Å².